The van der Waals surface area contributed by atoms with E-state index >= 15 is 0 Å². The van der Waals surface area contributed by atoms with Crippen molar-refractivity contribution < 1.29 is 5.11 Å². The van der Waals surface area contributed by atoms with Gasteiger partial charge in [-0.1, -0.05) is 42.5 Å². The molecule has 3 atom stereocenters. The Labute approximate surface area is 149 Å². The van der Waals surface area contributed by atoms with Crippen LogP contribution >= 0.6 is 0 Å². The summed E-state index contributed by atoms with van der Waals surface area (Å²) in [4.78, 5) is 2.60. The summed E-state index contributed by atoms with van der Waals surface area (Å²) < 4.78 is 0. The number of hydrogen-bond donors (Lipinski definition) is 1. The van der Waals surface area contributed by atoms with Crippen LogP contribution in [-0.4, -0.2) is 28.7 Å². The molecule has 0 radical (unpaired) electrons. The Morgan fingerprint density at radius 2 is 1.80 bits per heavy atom. The quantitative estimate of drug-likeness (QED) is 0.911. The SMILES string of the molecule is N#Cc1ccc(CN2[C@H]3CC[C@@H]2[C@@](CO)(Cc2ccccc2)C3)cc1. The van der Waals surface area contributed by atoms with Crippen molar-refractivity contribution in [3.63, 3.8) is 0 Å². The number of aliphatic hydroxyl groups excluding tert-OH is 1. The van der Waals surface area contributed by atoms with E-state index in [4.69, 9.17) is 5.26 Å². The van der Waals surface area contributed by atoms with E-state index in [1.807, 2.05) is 18.2 Å². The zero-order valence-electron chi connectivity index (χ0n) is 14.4. The molecule has 0 aliphatic carbocycles. The number of nitriles is 1. The van der Waals surface area contributed by atoms with Crippen molar-refractivity contribution in [3.8, 4) is 6.07 Å². The van der Waals surface area contributed by atoms with E-state index in [1.54, 1.807) is 0 Å². The van der Waals surface area contributed by atoms with Crippen molar-refractivity contribution >= 4 is 0 Å². The lowest BCUT2D eigenvalue weighted by molar-refractivity contribution is 0.0751. The molecule has 0 unspecified atom stereocenters. The van der Waals surface area contributed by atoms with Gasteiger partial charge in [-0.25, -0.2) is 0 Å². The fourth-order valence-corrected chi connectivity index (χ4v) is 4.97. The maximum Gasteiger partial charge on any atom is 0.0991 e. The molecule has 2 aliphatic heterocycles. The van der Waals surface area contributed by atoms with Crippen LogP contribution in [0.15, 0.2) is 54.6 Å². The molecule has 0 spiro atoms. The maximum absolute atomic E-state index is 10.3. The van der Waals surface area contributed by atoms with Crippen molar-refractivity contribution in [3.05, 3.63) is 71.3 Å². The molecule has 3 heteroatoms. The summed E-state index contributed by atoms with van der Waals surface area (Å²) in [5, 5.41) is 19.2. The van der Waals surface area contributed by atoms with Crippen LogP contribution in [0.2, 0.25) is 0 Å². The zero-order valence-corrected chi connectivity index (χ0v) is 14.4. The number of aliphatic hydroxyl groups is 1. The Morgan fingerprint density at radius 1 is 1.04 bits per heavy atom. The summed E-state index contributed by atoms with van der Waals surface area (Å²) in [6.07, 6.45) is 4.44. The van der Waals surface area contributed by atoms with Crippen LogP contribution in [0.1, 0.15) is 36.0 Å². The Balaban J connectivity index is 1.54. The van der Waals surface area contributed by atoms with Crippen LogP contribution in [0.5, 0.6) is 0 Å². The monoisotopic (exact) mass is 332 g/mol. The molecule has 0 saturated carbocycles. The second-order valence-electron chi connectivity index (χ2n) is 7.62. The van der Waals surface area contributed by atoms with Crippen molar-refractivity contribution in [2.24, 2.45) is 5.41 Å². The predicted molar refractivity (Wildman–Crippen MR) is 97.8 cm³/mol. The molecular formula is C22H24N2O. The van der Waals surface area contributed by atoms with E-state index in [0.29, 0.717) is 17.6 Å². The Kier molecular flexibility index (Phi) is 4.33. The van der Waals surface area contributed by atoms with Gasteiger partial charge >= 0.3 is 0 Å². The standard InChI is InChI=1S/C22H24N2O/c23-14-18-6-8-19(9-7-18)15-24-20-10-11-21(24)22(13-20,16-25)12-17-4-2-1-3-5-17/h1-9,20-21,25H,10-13,15-16H2/t20-,21+,22-/m0/s1. The first-order valence-electron chi connectivity index (χ1n) is 9.14. The van der Waals surface area contributed by atoms with Gasteiger partial charge in [-0.2, -0.15) is 5.26 Å². The zero-order chi connectivity index (χ0) is 17.3. The van der Waals surface area contributed by atoms with E-state index in [9.17, 15) is 5.11 Å². The normalized spacial score (nSPS) is 28.2. The number of hydrogen-bond acceptors (Lipinski definition) is 3. The first-order chi connectivity index (χ1) is 12.2. The third-order valence-corrected chi connectivity index (χ3v) is 6.15. The summed E-state index contributed by atoms with van der Waals surface area (Å²) >= 11 is 0. The van der Waals surface area contributed by atoms with Crippen LogP contribution < -0.4 is 0 Å². The van der Waals surface area contributed by atoms with Gasteiger partial charge in [-0.15, -0.1) is 0 Å². The van der Waals surface area contributed by atoms with E-state index in [2.05, 4.69) is 47.4 Å². The van der Waals surface area contributed by atoms with E-state index < -0.39 is 0 Å². The van der Waals surface area contributed by atoms with Crippen LogP contribution in [0.25, 0.3) is 0 Å². The van der Waals surface area contributed by atoms with Crippen molar-refractivity contribution in [2.45, 2.75) is 44.3 Å². The van der Waals surface area contributed by atoms with E-state index in [0.717, 1.165) is 19.4 Å². The highest BCUT2D eigenvalue weighted by Gasteiger charge is 2.55. The fraction of sp³-hybridized carbons (Fsp3) is 0.409. The van der Waals surface area contributed by atoms with E-state index in [1.165, 1.54) is 24.0 Å². The van der Waals surface area contributed by atoms with Gasteiger partial charge in [0.25, 0.3) is 0 Å². The topological polar surface area (TPSA) is 47.3 Å². The summed E-state index contributed by atoms with van der Waals surface area (Å²) in [5.41, 5.74) is 3.27. The van der Waals surface area contributed by atoms with Crippen molar-refractivity contribution in [1.82, 2.24) is 4.90 Å². The lowest BCUT2D eigenvalue weighted by Crippen LogP contribution is -2.41. The largest absolute Gasteiger partial charge is 0.396 e. The molecule has 2 aromatic carbocycles. The van der Waals surface area contributed by atoms with Crippen molar-refractivity contribution in [2.75, 3.05) is 6.61 Å². The first-order valence-corrected chi connectivity index (χ1v) is 9.14. The maximum atomic E-state index is 10.3. The molecule has 1 N–H and O–H groups in total. The van der Waals surface area contributed by atoms with Crippen molar-refractivity contribution in [1.29, 1.82) is 5.26 Å². The van der Waals surface area contributed by atoms with Gasteiger partial charge in [0, 0.05) is 24.0 Å². The molecule has 4 rings (SSSR count). The number of rotatable bonds is 5. The van der Waals surface area contributed by atoms with Gasteiger partial charge in [-0.05, 0) is 48.9 Å². The molecule has 25 heavy (non-hydrogen) atoms. The Bertz CT molecular complexity index is 765. The lowest BCUT2D eigenvalue weighted by Gasteiger charge is -2.36. The molecule has 0 aromatic heterocycles. The minimum absolute atomic E-state index is 0.0170. The highest BCUT2D eigenvalue weighted by Crippen LogP contribution is 2.51. The molecule has 128 valence electrons. The number of fused-ring (bicyclic) bond motifs is 2. The van der Waals surface area contributed by atoms with Gasteiger partial charge in [0.1, 0.15) is 0 Å². The molecule has 0 amide bonds. The van der Waals surface area contributed by atoms with E-state index in [-0.39, 0.29) is 12.0 Å². The molecular weight excluding hydrogens is 308 g/mol. The summed E-state index contributed by atoms with van der Waals surface area (Å²) in [6, 6.07) is 21.7. The summed E-state index contributed by atoms with van der Waals surface area (Å²) in [6.45, 7) is 1.17. The highest BCUT2D eigenvalue weighted by molar-refractivity contribution is 5.32. The van der Waals surface area contributed by atoms with Crippen LogP contribution in [0.3, 0.4) is 0 Å². The van der Waals surface area contributed by atoms with Gasteiger partial charge in [-0.3, -0.25) is 4.90 Å². The first kappa shape index (κ1) is 16.3. The molecule has 2 heterocycles. The minimum Gasteiger partial charge on any atom is -0.396 e. The average molecular weight is 332 g/mol. The van der Waals surface area contributed by atoms with Crippen LogP contribution in [0.4, 0.5) is 0 Å². The van der Waals surface area contributed by atoms with Gasteiger partial charge < -0.3 is 5.11 Å². The van der Waals surface area contributed by atoms with Crippen LogP contribution in [-0.2, 0) is 13.0 Å². The molecule has 2 saturated heterocycles. The lowest BCUT2D eigenvalue weighted by atomic mass is 9.70. The fourth-order valence-electron chi connectivity index (χ4n) is 4.97. The summed E-state index contributed by atoms with van der Waals surface area (Å²) in [7, 11) is 0. The second kappa shape index (κ2) is 6.63. The predicted octanol–water partition coefficient (Wildman–Crippen LogP) is 3.52. The summed E-state index contributed by atoms with van der Waals surface area (Å²) in [5.74, 6) is 0. The van der Waals surface area contributed by atoms with Gasteiger partial charge in [0.2, 0.25) is 0 Å². The third kappa shape index (κ3) is 2.97. The average Bonchev–Trinajstić information content (AvgIpc) is 3.18. The Hall–Kier alpha value is -2.15. The minimum atomic E-state index is -0.0170. The number of nitrogens with zero attached hydrogens (tertiary/aromatic N) is 2. The second-order valence-corrected chi connectivity index (χ2v) is 7.62. The highest BCUT2D eigenvalue weighted by atomic mass is 16.3. The molecule has 2 aromatic rings. The molecule has 3 nitrogen and oxygen atoms in total. The van der Waals surface area contributed by atoms with Gasteiger partial charge in [0.05, 0.1) is 18.2 Å². The van der Waals surface area contributed by atoms with Crippen LogP contribution in [0, 0.1) is 16.7 Å². The smallest absolute Gasteiger partial charge is 0.0991 e. The molecule has 2 aliphatic rings. The molecule has 2 fully saturated rings. The van der Waals surface area contributed by atoms with Gasteiger partial charge in [0.15, 0.2) is 0 Å². The third-order valence-electron chi connectivity index (χ3n) is 6.15. The number of benzene rings is 2. The molecule has 2 bridgehead atoms. The Morgan fingerprint density at radius 3 is 2.48 bits per heavy atom.